The molecular formula is C19H23NO5. The number of rotatable bonds is 5. The zero-order valence-corrected chi connectivity index (χ0v) is 14.7. The molecular weight excluding hydrogens is 322 g/mol. The van der Waals surface area contributed by atoms with Crippen molar-refractivity contribution in [3.05, 3.63) is 35.4 Å². The Kier molecular flexibility index (Phi) is 5.70. The molecule has 25 heavy (non-hydrogen) atoms. The second-order valence-electron chi connectivity index (χ2n) is 6.37. The van der Waals surface area contributed by atoms with Crippen LogP contribution in [0.2, 0.25) is 0 Å². The molecule has 1 heterocycles. The van der Waals surface area contributed by atoms with Crippen LogP contribution in [0.4, 0.5) is 4.79 Å². The highest BCUT2D eigenvalue weighted by Gasteiger charge is 2.54. The lowest BCUT2D eigenvalue weighted by atomic mass is 9.99. The van der Waals surface area contributed by atoms with E-state index in [1.165, 1.54) is 4.90 Å². The van der Waals surface area contributed by atoms with Gasteiger partial charge in [-0.1, -0.05) is 31.4 Å². The van der Waals surface area contributed by atoms with Crippen LogP contribution in [0.3, 0.4) is 0 Å². The number of terminal acetylenes is 1. The van der Waals surface area contributed by atoms with Gasteiger partial charge in [-0.05, 0) is 38.0 Å². The van der Waals surface area contributed by atoms with E-state index in [0.29, 0.717) is 11.1 Å². The lowest BCUT2D eigenvalue weighted by Crippen LogP contribution is -2.45. The third-order valence-electron chi connectivity index (χ3n) is 4.14. The largest absolute Gasteiger partial charge is 0.479 e. The van der Waals surface area contributed by atoms with Crippen LogP contribution in [-0.2, 0) is 14.3 Å². The van der Waals surface area contributed by atoms with Gasteiger partial charge >= 0.3 is 12.1 Å². The summed E-state index contributed by atoms with van der Waals surface area (Å²) in [7, 11) is 0. The summed E-state index contributed by atoms with van der Waals surface area (Å²) in [5, 5.41) is 9.56. The molecule has 6 heteroatoms. The Morgan fingerprint density at radius 3 is 2.52 bits per heavy atom. The number of hydrogen-bond donors (Lipinski definition) is 1. The van der Waals surface area contributed by atoms with Crippen LogP contribution in [0.5, 0.6) is 0 Å². The molecule has 2 unspecified atom stereocenters. The van der Waals surface area contributed by atoms with Crippen molar-refractivity contribution in [1.29, 1.82) is 0 Å². The number of carboxylic acids is 1. The van der Waals surface area contributed by atoms with E-state index < -0.39 is 29.9 Å². The number of aliphatic carboxylic acids is 1. The van der Waals surface area contributed by atoms with Gasteiger partial charge < -0.3 is 14.6 Å². The van der Waals surface area contributed by atoms with E-state index in [4.69, 9.17) is 15.9 Å². The topological polar surface area (TPSA) is 76.1 Å². The van der Waals surface area contributed by atoms with E-state index in [1.807, 2.05) is 6.92 Å². The highest BCUT2D eigenvalue weighted by Crippen LogP contribution is 2.42. The van der Waals surface area contributed by atoms with Crippen LogP contribution in [-0.4, -0.2) is 40.5 Å². The van der Waals surface area contributed by atoms with Gasteiger partial charge in [-0.3, -0.25) is 4.90 Å². The lowest BCUT2D eigenvalue weighted by molar-refractivity contribution is -0.155. The molecule has 1 aromatic rings. The predicted octanol–water partition coefficient (Wildman–Crippen LogP) is 3.17. The van der Waals surface area contributed by atoms with Crippen LogP contribution < -0.4 is 0 Å². The Bertz CT molecular complexity index is 674. The van der Waals surface area contributed by atoms with Gasteiger partial charge in [0, 0.05) is 5.56 Å². The average molecular weight is 345 g/mol. The number of hydrogen-bond acceptors (Lipinski definition) is 4. The zero-order valence-electron chi connectivity index (χ0n) is 14.7. The predicted molar refractivity (Wildman–Crippen MR) is 91.8 cm³/mol. The van der Waals surface area contributed by atoms with E-state index >= 15 is 0 Å². The highest BCUT2D eigenvalue weighted by molar-refractivity contribution is 5.78. The summed E-state index contributed by atoms with van der Waals surface area (Å²) in [6, 6.07) is 6.05. The maximum Gasteiger partial charge on any atom is 0.412 e. The maximum atomic E-state index is 12.6. The third-order valence-corrected chi connectivity index (χ3v) is 4.14. The van der Waals surface area contributed by atoms with Gasteiger partial charge in [0.15, 0.2) is 6.10 Å². The molecule has 1 aliphatic heterocycles. The zero-order chi connectivity index (χ0) is 18.6. The van der Waals surface area contributed by atoms with Gasteiger partial charge in [0.1, 0.15) is 11.8 Å². The van der Waals surface area contributed by atoms with Crippen molar-refractivity contribution in [2.75, 3.05) is 6.61 Å². The summed E-state index contributed by atoms with van der Waals surface area (Å²) in [6.45, 7) is 5.58. The molecule has 0 aromatic heterocycles. The standard InChI is InChI=1S/C19H23NO5/c1-5-7-12-24-18(23)20-15(14-10-8-13(6-2)9-11-14)16(17(21)22)25-19(20,3)4/h2,8-11,15-16H,5,7,12H2,1,3-4H3,(H,21,22). The molecule has 0 radical (unpaired) electrons. The Morgan fingerprint density at radius 2 is 2.00 bits per heavy atom. The normalized spacial score (nSPS) is 21.6. The van der Waals surface area contributed by atoms with Crippen molar-refractivity contribution >= 4 is 12.1 Å². The van der Waals surface area contributed by atoms with Crippen LogP contribution in [0.25, 0.3) is 0 Å². The average Bonchev–Trinajstić information content (AvgIpc) is 2.86. The minimum Gasteiger partial charge on any atom is -0.479 e. The lowest BCUT2D eigenvalue weighted by Gasteiger charge is -2.32. The summed E-state index contributed by atoms with van der Waals surface area (Å²) >= 11 is 0. The number of carboxylic acid groups (broad SMARTS) is 1. The highest BCUT2D eigenvalue weighted by atomic mass is 16.6. The molecule has 1 aromatic carbocycles. The Morgan fingerprint density at radius 1 is 1.36 bits per heavy atom. The van der Waals surface area contributed by atoms with Crippen molar-refractivity contribution in [2.45, 2.75) is 51.5 Å². The Balaban J connectivity index is 2.38. The fourth-order valence-corrected chi connectivity index (χ4v) is 2.89. The van der Waals surface area contributed by atoms with E-state index in [2.05, 4.69) is 5.92 Å². The summed E-state index contributed by atoms with van der Waals surface area (Å²) < 4.78 is 11.0. The molecule has 1 aliphatic rings. The van der Waals surface area contributed by atoms with Gasteiger partial charge in [0.05, 0.1) is 6.61 Å². The monoisotopic (exact) mass is 345 g/mol. The maximum absolute atomic E-state index is 12.6. The van der Waals surface area contributed by atoms with Crippen LogP contribution in [0.1, 0.15) is 50.8 Å². The number of carbonyl (C=O) groups excluding carboxylic acids is 1. The van der Waals surface area contributed by atoms with Crippen molar-refractivity contribution < 1.29 is 24.2 Å². The number of ether oxygens (including phenoxy) is 2. The van der Waals surface area contributed by atoms with Crippen molar-refractivity contribution in [2.24, 2.45) is 0 Å². The molecule has 1 saturated heterocycles. The van der Waals surface area contributed by atoms with Crippen molar-refractivity contribution in [3.8, 4) is 12.3 Å². The first-order chi connectivity index (χ1) is 11.8. The van der Waals surface area contributed by atoms with Gasteiger partial charge in [-0.25, -0.2) is 9.59 Å². The van der Waals surface area contributed by atoms with Crippen LogP contribution in [0, 0.1) is 12.3 Å². The fraction of sp³-hybridized carbons (Fsp3) is 0.474. The Hall–Kier alpha value is -2.52. The van der Waals surface area contributed by atoms with Gasteiger partial charge in [-0.2, -0.15) is 0 Å². The molecule has 0 saturated carbocycles. The smallest absolute Gasteiger partial charge is 0.412 e. The number of benzene rings is 1. The molecule has 2 rings (SSSR count). The quantitative estimate of drug-likeness (QED) is 0.655. The van der Waals surface area contributed by atoms with Crippen molar-refractivity contribution in [1.82, 2.24) is 4.90 Å². The van der Waals surface area contributed by atoms with E-state index in [1.54, 1.807) is 38.1 Å². The first-order valence-electron chi connectivity index (χ1n) is 8.25. The number of unbranched alkanes of at least 4 members (excludes halogenated alkanes) is 1. The summed E-state index contributed by atoms with van der Waals surface area (Å²) in [4.78, 5) is 25.7. The number of amides is 1. The molecule has 0 spiro atoms. The molecule has 0 bridgehead atoms. The summed E-state index contributed by atoms with van der Waals surface area (Å²) in [5.41, 5.74) is 0.192. The molecule has 1 amide bonds. The second-order valence-corrected chi connectivity index (χ2v) is 6.37. The van der Waals surface area contributed by atoms with E-state index in [9.17, 15) is 14.7 Å². The van der Waals surface area contributed by atoms with Gasteiger partial charge in [-0.15, -0.1) is 6.42 Å². The molecule has 2 atom stereocenters. The molecule has 1 N–H and O–H groups in total. The Labute approximate surface area is 147 Å². The molecule has 134 valence electrons. The minimum atomic E-state index is -1.19. The SMILES string of the molecule is C#Cc1ccc(C2C(C(=O)O)OC(C)(C)N2C(=O)OCCCC)cc1. The fourth-order valence-electron chi connectivity index (χ4n) is 2.89. The summed E-state index contributed by atoms with van der Waals surface area (Å²) in [6.07, 6.45) is 5.21. The number of carbonyl (C=O) groups is 2. The van der Waals surface area contributed by atoms with Crippen LogP contribution >= 0.6 is 0 Å². The first kappa shape index (κ1) is 18.8. The van der Waals surface area contributed by atoms with E-state index in [0.717, 1.165) is 12.8 Å². The second kappa shape index (κ2) is 7.58. The first-order valence-corrected chi connectivity index (χ1v) is 8.25. The minimum absolute atomic E-state index is 0.280. The third kappa shape index (κ3) is 3.94. The molecule has 1 fully saturated rings. The van der Waals surface area contributed by atoms with Gasteiger partial charge in [0.2, 0.25) is 0 Å². The van der Waals surface area contributed by atoms with Crippen molar-refractivity contribution in [3.63, 3.8) is 0 Å². The molecule has 6 nitrogen and oxygen atoms in total. The van der Waals surface area contributed by atoms with Crippen LogP contribution in [0.15, 0.2) is 24.3 Å². The van der Waals surface area contributed by atoms with Gasteiger partial charge in [0.25, 0.3) is 0 Å². The van der Waals surface area contributed by atoms with E-state index in [-0.39, 0.29) is 6.61 Å². The summed E-state index contributed by atoms with van der Waals surface area (Å²) in [5.74, 6) is 1.37. The number of nitrogens with zero attached hydrogens (tertiary/aromatic N) is 1. The molecule has 0 aliphatic carbocycles.